The van der Waals surface area contributed by atoms with E-state index in [1.165, 1.54) is 29.7 Å². The molecule has 2 atom stereocenters. The minimum Gasteiger partial charge on any atom is -0.309 e. The van der Waals surface area contributed by atoms with Crippen LogP contribution in [0.1, 0.15) is 44.7 Å². The molecule has 2 unspecified atom stereocenters. The fourth-order valence-electron chi connectivity index (χ4n) is 2.91. The van der Waals surface area contributed by atoms with Gasteiger partial charge in [-0.15, -0.1) is 0 Å². The van der Waals surface area contributed by atoms with Gasteiger partial charge in [-0.05, 0) is 42.8 Å². The summed E-state index contributed by atoms with van der Waals surface area (Å²) in [6.45, 7) is 11.1. The molecule has 1 aliphatic heterocycles. The number of nitrogens with one attached hydrogen (secondary N) is 1. The Bertz CT molecular complexity index is 400. The fourth-order valence-corrected chi connectivity index (χ4v) is 4.08. The normalized spacial score (nSPS) is 22.7. The van der Waals surface area contributed by atoms with Crippen molar-refractivity contribution in [1.82, 2.24) is 10.2 Å². The summed E-state index contributed by atoms with van der Waals surface area (Å²) >= 11 is 2.11. The van der Waals surface area contributed by atoms with Gasteiger partial charge in [0.25, 0.3) is 0 Å². The molecule has 1 saturated heterocycles. The van der Waals surface area contributed by atoms with E-state index in [0.29, 0.717) is 6.04 Å². The molecule has 3 heteroatoms. The third-order valence-corrected chi connectivity index (χ3v) is 5.88. The molecule has 0 aromatic heterocycles. The molecule has 1 heterocycles. The van der Waals surface area contributed by atoms with E-state index in [-0.39, 0.29) is 0 Å². The molecule has 1 fully saturated rings. The van der Waals surface area contributed by atoms with Crippen LogP contribution in [0.25, 0.3) is 0 Å². The predicted molar refractivity (Wildman–Crippen MR) is 94.8 cm³/mol. The maximum Gasteiger partial charge on any atom is 0.0233 e. The Morgan fingerprint density at radius 2 is 1.81 bits per heavy atom. The molecule has 2 rings (SSSR count). The van der Waals surface area contributed by atoms with Gasteiger partial charge in [-0.25, -0.2) is 0 Å². The van der Waals surface area contributed by atoms with E-state index in [4.69, 9.17) is 0 Å². The minimum absolute atomic E-state index is 0.680. The van der Waals surface area contributed by atoms with Crippen LogP contribution in [0, 0.1) is 0 Å². The summed E-state index contributed by atoms with van der Waals surface area (Å²) in [4.78, 5) is 2.45. The van der Waals surface area contributed by atoms with Gasteiger partial charge in [-0.2, -0.15) is 11.8 Å². The predicted octanol–water partition coefficient (Wildman–Crippen LogP) is 3.90. The smallest absolute Gasteiger partial charge is 0.0233 e. The van der Waals surface area contributed by atoms with E-state index in [9.17, 15) is 0 Å². The Morgan fingerprint density at radius 3 is 2.43 bits per heavy atom. The van der Waals surface area contributed by atoms with Gasteiger partial charge in [0.1, 0.15) is 0 Å². The van der Waals surface area contributed by atoms with E-state index in [2.05, 4.69) is 67.0 Å². The molecule has 0 amide bonds. The summed E-state index contributed by atoms with van der Waals surface area (Å²) in [5.41, 5.74) is 2.82. The molecule has 118 valence electrons. The first kappa shape index (κ1) is 16.9. The van der Waals surface area contributed by atoms with Gasteiger partial charge in [0.15, 0.2) is 0 Å². The van der Waals surface area contributed by atoms with Crippen LogP contribution in [0.15, 0.2) is 24.3 Å². The second kappa shape index (κ2) is 8.82. The average molecular weight is 307 g/mol. The van der Waals surface area contributed by atoms with Gasteiger partial charge in [-0.3, -0.25) is 4.90 Å². The monoisotopic (exact) mass is 306 g/mol. The van der Waals surface area contributed by atoms with Crippen molar-refractivity contribution in [3.05, 3.63) is 35.4 Å². The van der Waals surface area contributed by atoms with Crippen LogP contribution in [-0.4, -0.2) is 35.0 Å². The van der Waals surface area contributed by atoms with Crippen LogP contribution in [0.3, 0.4) is 0 Å². The first-order chi connectivity index (χ1) is 10.2. The van der Waals surface area contributed by atoms with Crippen LogP contribution < -0.4 is 5.32 Å². The number of benzene rings is 1. The molecular formula is C18H30N2S. The third kappa shape index (κ3) is 5.32. The van der Waals surface area contributed by atoms with Crippen LogP contribution in [0.2, 0.25) is 0 Å². The Morgan fingerprint density at radius 1 is 1.14 bits per heavy atom. The molecule has 0 spiro atoms. The lowest BCUT2D eigenvalue weighted by atomic mass is 10.1. The van der Waals surface area contributed by atoms with E-state index in [1.807, 2.05) is 0 Å². The summed E-state index contributed by atoms with van der Waals surface area (Å²) in [5.74, 6) is 1.33. The Balaban J connectivity index is 1.81. The van der Waals surface area contributed by atoms with Gasteiger partial charge in [0, 0.05) is 24.4 Å². The van der Waals surface area contributed by atoms with Crippen molar-refractivity contribution >= 4 is 11.8 Å². The maximum absolute atomic E-state index is 3.74. The van der Waals surface area contributed by atoms with Gasteiger partial charge >= 0.3 is 0 Å². The molecule has 0 saturated carbocycles. The molecule has 21 heavy (non-hydrogen) atoms. The first-order valence-corrected chi connectivity index (χ1v) is 9.43. The third-order valence-electron chi connectivity index (χ3n) is 4.50. The van der Waals surface area contributed by atoms with Crippen molar-refractivity contribution in [3.63, 3.8) is 0 Å². The highest BCUT2D eigenvalue weighted by Crippen LogP contribution is 2.25. The van der Waals surface area contributed by atoms with Gasteiger partial charge in [0.2, 0.25) is 0 Å². The summed E-state index contributed by atoms with van der Waals surface area (Å²) < 4.78 is 0. The van der Waals surface area contributed by atoms with Crippen molar-refractivity contribution in [2.24, 2.45) is 0 Å². The first-order valence-electron chi connectivity index (χ1n) is 8.38. The van der Waals surface area contributed by atoms with Crippen LogP contribution >= 0.6 is 11.8 Å². The van der Waals surface area contributed by atoms with Gasteiger partial charge in [-0.1, -0.05) is 45.0 Å². The lowest BCUT2D eigenvalue weighted by Crippen LogP contribution is -2.38. The van der Waals surface area contributed by atoms with Crippen molar-refractivity contribution in [3.8, 4) is 0 Å². The maximum atomic E-state index is 3.74. The quantitative estimate of drug-likeness (QED) is 0.822. The Labute approximate surface area is 134 Å². The number of rotatable bonds is 7. The second-order valence-electron chi connectivity index (χ2n) is 5.98. The van der Waals surface area contributed by atoms with E-state index >= 15 is 0 Å². The molecule has 0 bridgehead atoms. The lowest BCUT2D eigenvalue weighted by molar-refractivity contribution is 0.296. The van der Waals surface area contributed by atoms with Gasteiger partial charge < -0.3 is 5.32 Å². The van der Waals surface area contributed by atoms with Crippen LogP contribution in [0.4, 0.5) is 0 Å². The standard InChI is InChI=1S/C18H30N2S/c1-4-20(5-2)14-17-10-8-16(9-11-17)13-19-18-7-6-12-21-15(18)3/h8-11,15,18-19H,4-7,12-14H2,1-3H3. The molecule has 1 aliphatic rings. The Kier molecular flexibility index (Phi) is 7.08. The van der Waals surface area contributed by atoms with Crippen LogP contribution in [0.5, 0.6) is 0 Å². The highest BCUT2D eigenvalue weighted by Gasteiger charge is 2.20. The summed E-state index contributed by atoms with van der Waals surface area (Å²) in [5, 5.41) is 4.49. The zero-order valence-electron chi connectivity index (χ0n) is 13.8. The highest BCUT2D eigenvalue weighted by molar-refractivity contribution is 7.99. The molecule has 0 radical (unpaired) electrons. The number of hydrogen-bond acceptors (Lipinski definition) is 3. The van der Waals surface area contributed by atoms with E-state index in [0.717, 1.165) is 31.4 Å². The second-order valence-corrected chi connectivity index (χ2v) is 7.47. The average Bonchev–Trinajstić information content (AvgIpc) is 2.53. The molecule has 1 aromatic rings. The summed E-state index contributed by atoms with van der Waals surface area (Å²) in [6.07, 6.45) is 2.68. The molecule has 1 aromatic carbocycles. The molecule has 0 aliphatic carbocycles. The summed E-state index contributed by atoms with van der Waals surface area (Å²) in [6, 6.07) is 9.82. The van der Waals surface area contributed by atoms with Crippen molar-refractivity contribution < 1.29 is 0 Å². The topological polar surface area (TPSA) is 15.3 Å². The number of thioether (sulfide) groups is 1. The fraction of sp³-hybridized carbons (Fsp3) is 0.667. The minimum atomic E-state index is 0.680. The Hall–Kier alpha value is -0.510. The number of hydrogen-bond donors (Lipinski definition) is 1. The molecule has 2 nitrogen and oxygen atoms in total. The zero-order valence-corrected chi connectivity index (χ0v) is 14.6. The molecular weight excluding hydrogens is 276 g/mol. The SMILES string of the molecule is CCN(CC)Cc1ccc(CNC2CCCSC2C)cc1. The van der Waals surface area contributed by atoms with Crippen molar-refractivity contribution in [2.45, 2.75) is 58.0 Å². The lowest BCUT2D eigenvalue weighted by Gasteiger charge is -2.29. The van der Waals surface area contributed by atoms with Crippen molar-refractivity contribution in [2.75, 3.05) is 18.8 Å². The van der Waals surface area contributed by atoms with Crippen molar-refractivity contribution in [1.29, 1.82) is 0 Å². The van der Waals surface area contributed by atoms with E-state index in [1.54, 1.807) is 0 Å². The molecule has 1 N–H and O–H groups in total. The highest BCUT2D eigenvalue weighted by atomic mass is 32.2. The van der Waals surface area contributed by atoms with Gasteiger partial charge in [0.05, 0.1) is 0 Å². The van der Waals surface area contributed by atoms with E-state index < -0.39 is 0 Å². The largest absolute Gasteiger partial charge is 0.309 e. The zero-order chi connectivity index (χ0) is 15.1. The summed E-state index contributed by atoms with van der Waals surface area (Å²) in [7, 11) is 0. The van der Waals surface area contributed by atoms with Crippen LogP contribution in [-0.2, 0) is 13.1 Å². The number of nitrogens with zero attached hydrogens (tertiary/aromatic N) is 1.